The zero-order chi connectivity index (χ0) is 20.6. The van der Waals surface area contributed by atoms with Crippen LogP contribution in [0.3, 0.4) is 0 Å². The molecule has 0 atom stereocenters. The van der Waals surface area contributed by atoms with E-state index < -0.39 is 0 Å². The van der Waals surface area contributed by atoms with Crippen molar-refractivity contribution in [2.24, 2.45) is 0 Å². The Morgan fingerprint density at radius 1 is 1.17 bits per heavy atom. The van der Waals surface area contributed by atoms with Crippen LogP contribution < -0.4 is 14.8 Å². The number of carbonyl (C=O) groups is 1. The SMILES string of the molecule is COc1ccc(-c2nc(CSCCC(=O)Nc3cc(Cl)ccc3OC)cs2)cc1. The minimum absolute atomic E-state index is 0.0738. The third-order valence-corrected chi connectivity index (χ3v) is 6.22. The van der Waals surface area contributed by atoms with Crippen molar-refractivity contribution >= 4 is 46.3 Å². The summed E-state index contributed by atoms with van der Waals surface area (Å²) in [5, 5.41) is 6.44. The summed E-state index contributed by atoms with van der Waals surface area (Å²) in [7, 11) is 3.21. The fourth-order valence-corrected chi connectivity index (χ4v) is 4.51. The largest absolute Gasteiger partial charge is 0.497 e. The summed E-state index contributed by atoms with van der Waals surface area (Å²) in [6.45, 7) is 0. The smallest absolute Gasteiger partial charge is 0.225 e. The van der Waals surface area contributed by atoms with Gasteiger partial charge in [0.15, 0.2) is 0 Å². The Morgan fingerprint density at radius 2 is 1.97 bits per heavy atom. The van der Waals surface area contributed by atoms with Crippen molar-refractivity contribution in [1.82, 2.24) is 4.98 Å². The number of methoxy groups -OCH3 is 2. The van der Waals surface area contributed by atoms with Gasteiger partial charge in [0.05, 0.1) is 25.6 Å². The molecule has 0 saturated carbocycles. The number of amides is 1. The number of aromatic nitrogens is 1. The lowest BCUT2D eigenvalue weighted by atomic mass is 10.2. The molecule has 1 amide bonds. The number of rotatable bonds is 9. The highest BCUT2D eigenvalue weighted by Crippen LogP contribution is 2.29. The van der Waals surface area contributed by atoms with E-state index in [2.05, 4.69) is 15.7 Å². The third kappa shape index (κ3) is 6.13. The molecular formula is C21H21ClN2O3S2. The maximum atomic E-state index is 12.2. The Balaban J connectivity index is 1.45. The molecule has 2 aromatic carbocycles. The van der Waals surface area contributed by atoms with E-state index in [9.17, 15) is 4.79 Å². The number of hydrogen-bond donors (Lipinski definition) is 1. The van der Waals surface area contributed by atoms with Gasteiger partial charge >= 0.3 is 0 Å². The van der Waals surface area contributed by atoms with Crippen LogP contribution in [0.2, 0.25) is 5.02 Å². The van der Waals surface area contributed by atoms with E-state index in [0.29, 0.717) is 28.6 Å². The van der Waals surface area contributed by atoms with Gasteiger partial charge in [-0.2, -0.15) is 11.8 Å². The maximum Gasteiger partial charge on any atom is 0.225 e. The summed E-state index contributed by atoms with van der Waals surface area (Å²) < 4.78 is 10.4. The second-order valence-electron chi connectivity index (χ2n) is 6.07. The van der Waals surface area contributed by atoms with Gasteiger partial charge in [0.1, 0.15) is 16.5 Å². The van der Waals surface area contributed by atoms with Crippen LogP contribution >= 0.6 is 34.7 Å². The fourth-order valence-electron chi connectivity index (χ4n) is 2.57. The number of carbonyl (C=O) groups excluding carboxylic acids is 1. The Labute approximate surface area is 183 Å². The lowest BCUT2D eigenvalue weighted by Crippen LogP contribution is -2.13. The van der Waals surface area contributed by atoms with Gasteiger partial charge in [-0.15, -0.1) is 11.3 Å². The normalized spacial score (nSPS) is 10.6. The van der Waals surface area contributed by atoms with Crippen LogP contribution in [0.4, 0.5) is 5.69 Å². The van der Waals surface area contributed by atoms with E-state index in [1.165, 1.54) is 0 Å². The fraction of sp³-hybridized carbons (Fsp3) is 0.238. The minimum atomic E-state index is -0.0738. The topological polar surface area (TPSA) is 60.5 Å². The van der Waals surface area contributed by atoms with Gasteiger partial charge in [-0.3, -0.25) is 4.79 Å². The number of nitrogens with zero attached hydrogens (tertiary/aromatic N) is 1. The number of benzene rings is 2. The van der Waals surface area contributed by atoms with Crippen LogP contribution in [-0.2, 0) is 10.5 Å². The van der Waals surface area contributed by atoms with Crippen molar-refractivity contribution in [3.8, 4) is 22.1 Å². The van der Waals surface area contributed by atoms with Crippen molar-refractivity contribution < 1.29 is 14.3 Å². The molecule has 0 spiro atoms. The monoisotopic (exact) mass is 448 g/mol. The standard InChI is InChI=1S/C21H21ClN2O3S2/c1-26-17-6-3-14(4-7-17)21-23-16(13-29-21)12-28-10-9-20(25)24-18-11-15(22)5-8-19(18)27-2/h3-8,11,13H,9-10,12H2,1-2H3,(H,24,25). The highest BCUT2D eigenvalue weighted by molar-refractivity contribution is 7.98. The van der Waals surface area contributed by atoms with Crippen molar-refractivity contribution in [1.29, 1.82) is 0 Å². The van der Waals surface area contributed by atoms with Gasteiger partial charge in [0.25, 0.3) is 0 Å². The second kappa shape index (κ2) is 10.5. The molecule has 0 fully saturated rings. The predicted molar refractivity (Wildman–Crippen MR) is 122 cm³/mol. The van der Waals surface area contributed by atoms with Crippen molar-refractivity contribution in [2.45, 2.75) is 12.2 Å². The first-order chi connectivity index (χ1) is 14.1. The van der Waals surface area contributed by atoms with Crippen molar-refractivity contribution in [3.63, 3.8) is 0 Å². The zero-order valence-corrected chi connectivity index (χ0v) is 18.5. The third-order valence-electron chi connectivity index (χ3n) is 4.05. The molecule has 1 aromatic heterocycles. The van der Waals surface area contributed by atoms with Crippen LogP contribution in [0, 0.1) is 0 Å². The van der Waals surface area contributed by atoms with Gasteiger partial charge in [0, 0.05) is 33.9 Å². The molecule has 0 aliphatic heterocycles. The molecule has 8 heteroatoms. The van der Waals surface area contributed by atoms with Gasteiger partial charge < -0.3 is 14.8 Å². The number of ether oxygens (including phenoxy) is 2. The molecule has 1 heterocycles. The zero-order valence-electron chi connectivity index (χ0n) is 16.1. The first-order valence-electron chi connectivity index (χ1n) is 8.89. The number of nitrogens with one attached hydrogen (secondary N) is 1. The van der Waals surface area contributed by atoms with E-state index in [4.69, 9.17) is 21.1 Å². The molecule has 1 N–H and O–H groups in total. The minimum Gasteiger partial charge on any atom is -0.497 e. The Bertz CT molecular complexity index is 961. The molecule has 3 aromatic rings. The highest BCUT2D eigenvalue weighted by Gasteiger charge is 2.09. The van der Waals surface area contributed by atoms with Crippen molar-refractivity contribution in [2.75, 3.05) is 25.3 Å². The van der Waals surface area contributed by atoms with Gasteiger partial charge in [-0.1, -0.05) is 11.6 Å². The average Bonchev–Trinajstić information content (AvgIpc) is 3.20. The Hall–Kier alpha value is -2.22. The molecule has 152 valence electrons. The van der Waals surface area contributed by atoms with Crippen molar-refractivity contribution in [3.05, 3.63) is 58.6 Å². The molecule has 0 aliphatic rings. The summed E-state index contributed by atoms with van der Waals surface area (Å²) in [5.41, 5.74) is 2.67. The average molecular weight is 449 g/mol. The summed E-state index contributed by atoms with van der Waals surface area (Å²) in [4.78, 5) is 16.9. The summed E-state index contributed by atoms with van der Waals surface area (Å²) >= 11 is 9.29. The number of thioether (sulfide) groups is 1. The molecule has 0 saturated heterocycles. The number of hydrogen-bond acceptors (Lipinski definition) is 6. The Morgan fingerprint density at radius 3 is 2.69 bits per heavy atom. The van der Waals surface area contributed by atoms with E-state index in [1.54, 1.807) is 55.5 Å². The maximum absolute atomic E-state index is 12.2. The summed E-state index contributed by atoms with van der Waals surface area (Å²) in [5.74, 6) is 2.80. The van der Waals surface area contributed by atoms with Gasteiger partial charge in [-0.05, 0) is 42.5 Å². The van der Waals surface area contributed by atoms with E-state index in [0.717, 1.165) is 27.8 Å². The van der Waals surface area contributed by atoms with E-state index in [-0.39, 0.29) is 5.91 Å². The molecule has 29 heavy (non-hydrogen) atoms. The van der Waals surface area contributed by atoms with Crippen LogP contribution in [-0.4, -0.2) is 30.9 Å². The van der Waals surface area contributed by atoms with Gasteiger partial charge in [-0.25, -0.2) is 4.98 Å². The summed E-state index contributed by atoms with van der Waals surface area (Å²) in [6, 6.07) is 13.0. The second-order valence-corrected chi connectivity index (χ2v) is 8.47. The number of thiazole rings is 1. The van der Waals surface area contributed by atoms with E-state index >= 15 is 0 Å². The molecule has 0 unspecified atom stereocenters. The molecule has 0 bridgehead atoms. The van der Waals surface area contributed by atoms with Crippen LogP contribution in [0.5, 0.6) is 11.5 Å². The number of halogens is 1. The van der Waals surface area contributed by atoms with Crippen LogP contribution in [0.1, 0.15) is 12.1 Å². The lowest BCUT2D eigenvalue weighted by molar-refractivity contribution is -0.115. The number of anilines is 1. The first-order valence-corrected chi connectivity index (χ1v) is 11.3. The highest BCUT2D eigenvalue weighted by atomic mass is 35.5. The van der Waals surface area contributed by atoms with E-state index in [1.807, 2.05) is 24.3 Å². The Kier molecular flexibility index (Phi) is 7.80. The lowest BCUT2D eigenvalue weighted by Gasteiger charge is -2.10. The van der Waals surface area contributed by atoms with Crippen LogP contribution in [0.15, 0.2) is 47.8 Å². The predicted octanol–water partition coefficient (Wildman–Crippen LogP) is 5.74. The molecule has 0 aliphatic carbocycles. The molecule has 3 rings (SSSR count). The molecule has 0 radical (unpaired) electrons. The molecule has 5 nitrogen and oxygen atoms in total. The van der Waals surface area contributed by atoms with Gasteiger partial charge in [0.2, 0.25) is 5.91 Å². The summed E-state index contributed by atoms with van der Waals surface area (Å²) in [6.07, 6.45) is 0.399. The first kappa shape index (κ1) is 21.5. The quantitative estimate of drug-likeness (QED) is 0.423. The van der Waals surface area contributed by atoms with Crippen LogP contribution in [0.25, 0.3) is 10.6 Å². The molecular weight excluding hydrogens is 428 g/mol.